The minimum atomic E-state index is 0.230. The summed E-state index contributed by atoms with van der Waals surface area (Å²) >= 11 is 0. The van der Waals surface area contributed by atoms with Crippen molar-refractivity contribution in [1.82, 2.24) is 0 Å². The van der Waals surface area contributed by atoms with Crippen LogP contribution in [0.4, 0.5) is 0 Å². The lowest BCUT2D eigenvalue weighted by Crippen LogP contribution is -2.48. The lowest BCUT2D eigenvalue weighted by molar-refractivity contribution is -0.805. The van der Waals surface area contributed by atoms with E-state index in [4.69, 9.17) is 0 Å². The van der Waals surface area contributed by atoms with Crippen molar-refractivity contribution in [2.75, 3.05) is 20.6 Å². The van der Waals surface area contributed by atoms with Gasteiger partial charge in [-0.1, -0.05) is 181 Å². The van der Waals surface area contributed by atoms with Gasteiger partial charge in [0, 0.05) is 6.42 Å². The van der Waals surface area contributed by atoms with Crippen LogP contribution in [0.2, 0.25) is 0 Å². The van der Waals surface area contributed by atoms with Gasteiger partial charge in [-0.3, -0.25) is 9.28 Å². The van der Waals surface area contributed by atoms with Crippen molar-refractivity contribution in [1.29, 1.82) is 0 Å². The Labute approximate surface area is 252 Å². The van der Waals surface area contributed by atoms with Crippen LogP contribution in [0, 0.1) is 0 Å². The molecular formula is C37H74NO2+. The molecule has 0 aliphatic rings. The molecule has 40 heavy (non-hydrogen) atoms. The van der Waals surface area contributed by atoms with Crippen molar-refractivity contribution < 1.29 is 14.1 Å². The SMILES string of the molecule is CCCCCCCCCCCCCCCCCC(=O)C[N+](C)(C)C(=O)CCCCCCCCCCCCCCC. The maximum atomic E-state index is 12.7. The van der Waals surface area contributed by atoms with E-state index in [2.05, 4.69) is 13.8 Å². The average molecular weight is 565 g/mol. The van der Waals surface area contributed by atoms with Gasteiger partial charge in [-0.25, -0.2) is 4.79 Å². The predicted molar refractivity (Wildman–Crippen MR) is 177 cm³/mol. The van der Waals surface area contributed by atoms with E-state index in [0.29, 0.717) is 19.4 Å². The maximum Gasteiger partial charge on any atom is 0.313 e. The summed E-state index contributed by atoms with van der Waals surface area (Å²) < 4.78 is 0.232. The number of hydrogen-bond donors (Lipinski definition) is 0. The van der Waals surface area contributed by atoms with Crippen LogP contribution in [0.15, 0.2) is 0 Å². The lowest BCUT2D eigenvalue weighted by Gasteiger charge is -2.26. The standard InChI is InChI=1S/C37H74NO2/c1-5-7-9-11-13-15-17-19-20-22-23-25-27-29-31-33-36(39)35-38(3,4)37(40)34-32-30-28-26-24-21-18-16-14-12-10-8-6-2/h5-35H2,1-4H3/q+1. The minimum absolute atomic E-state index is 0.230. The van der Waals surface area contributed by atoms with Crippen LogP contribution < -0.4 is 0 Å². The van der Waals surface area contributed by atoms with E-state index in [0.717, 1.165) is 25.7 Å². The van der Waals surface area contributed by atoms with Gasteiger partial charge in [0.2, 0.25) is 0 Å². The van der Waals surface area contributed by atoms with E-state index < -0.39 is 0 Å². The van der Waals surface area contributed by atoms with Gasteiger partial charge in [0.05, 0.1) is 20.5 Å². The fraction of sp³-hybridized carbons (Fsp3) is 0.946. The number of likely N-dealkylation sites (N-methyl/N-ethyl adjacent to an activating group) is 1. The van der Waals surface area contributed by atoms with Gasteiger partial charge in [-0.2, -0.15) is 0 Å². The molecule has 0 fully saturated rings. The first-order chi connectivity index (χ1) is 19.4. The van der Waals surface area contributed by atoms with Crippen molar-refractivity contribution in [2.45, 2.75) is 206 Å². The van der Waals surface area contributed by atoms with E-state index in [1.165, 1.54) is 154 Å². The van der Waals surface area contributed by atoms with E-state index in [9.17, 15) is 9.59 Å². The topological polar surface area (TPSA) is 34.1 Å². The molecule has 3 heteroatoms. The van der Waals surface area contributed by atoms with E-state index in [1.54, 1.807) is 0 Å². The summed E-state index contributed by atoms with van der Waals surface area (Å²) in [6.45, 7) is 4.93. The van der Waals surface area contributed by atoms with E-state index >= 15 is 0 Å². The molecule has 0 N–H and O–H groups in total. The monoisotopic (exact) mass is 565 g/mol. The van der Waals surface area contributed by atoms with Crippen molar-refractivity contribution in [3.05, 3.63) is 0 Å². The third-order valence-electron chi connectivity index (χ3n) is 8.80. The molecule has 0 spiro atoms. The first kappa shape index (κ1) is 39.3. The molecule has 1 amide bonds. The molecule has 0 aromatic heterocycles. The van der Waals surface area contributed by atoms with Crippen LogP contribution in [0.25, 0.3) is 0 Å². The zero-order chi connectivity index (χ0) is 29.6. The molecule has 0 aliphatic carbocycles. The summed E-state index contributed by atoms with van der Waals surface area (Å²) in [5, 5.41) is 0. The average Bonchev–Trinajstić information content (AvgIpc) is 2.93. The molecule has 0 saturated heterocycles. The third-order valence-corrected chi connectivity index (χ3v) is 8.80. The summed E-state index contributed by atoms with van der Waals surface area (Å²) in [6, 6.07) is 0. The molecule has 0 atom stereocenters. The van der Waals surface area contributed by atoms with Gasteiger partial charge >= 0.3 is 5.91 Å². The molecule has 0 radical (unpaired) electrons. The number of quaternary nitrogens is 1. The lowest BCUT2D eigenvalue weighted by atomic mass is 10.0. The van der Waals surface area contributed by atoms with Crippen LogP contribution in [0.5, 0.6) is 0 Å². The van der Waals surface area contributed by atoms with Crippen LogP contribution in [0.3, 0.4) is 0 Å². The normalized spacial score (nSPS) is 11.8. The van der Waals surface area contributed by atoms with Crippen LogP contribution in [0.1, 0.15) is 206 Å². The second-order valence-electron chi connectivity index (χ2n) is 13.5. The van der Waals surface area contributed by atoms with Gasteiger partial charge in [-0.05, 0) is 12.8 Å². The van der Waals surface area contributed by atoms with Crippen LogP contribution >= 0.6 is 0 Å². The van der Waals surface area contributed by atoms with Crippen molar-refractivity contribution in [3.8, 4) is 0 Å². The molecule has 0 bridgehead atoms. The number of carbonyl (C=O) groups is 2. The zero-order valence-electron chi connectivity index (χ0n) is 28.2. The highest BCUT2D eigenvalue weighted by Crippen LogP contribution is 2.16. The smallest absolute Gasteiger partial charge is 0.293 e. The largest absolute Gasteiger partial charge is 0.313 e. The molecule has 0 aromatic rings. The summed E-state index contributed by atoms with van der Waals surface area (Å²) in [7, 11) is 3.85. The Bertz CT molecular complexity index is 556. The van der Waals surface area contributed by atoms with Gasteiger partial charge in [-0.15, -0.1) is 0 Å². The number of amides is 1. The van der Waals surface area contributed by atoms with Crippen molar-refractivity contribution >= 4 is 11.7 Å². The summed E-state index contributed by atoms with van der Waals surface area (Å²) in [4.78, 5) is 25.3. The molecule has 0 heterocycles. The number of unbranched alkanes of at least 4 members (excludes halogenated alkanes) is 26. The van der Waals surface area contributed by atoms with E-state index in [1.807, 2.05) is 14.1 Å². The third kappa shape index (κ3) is 27.5. The Morgan fingerprint density at radius 2 is 0.625 bits per heavy atom. The highest BCUT2D eigenvalue weighted by atomic mass is 16.2. The number of carbonyl (C=O) groups excluding carboxylic acids is 2. The first-order valence-electron chi connectivity index (χ1n) is 18.3. The van der Waals surface area contributed by atoms with Gasteiger partial charge in [0.25, 0.3) is 0 Å². The quantitative estimate of drug-likeness (QED) is 0.0601. The second-order valence-corrected chi connectivity index (χ2v) is 13.5. The Kier molecular flexibility index (Phi) is 29.3. The Morgan fingerprint density at radius 1 is 0.375 bits per heavy atom. The van der Waals surface area contributed by atoms with Crippen LogP contribution in [-0.2, 0) is 9.59 Å². The zero-order valence-corrected chi connectivity index (χ0v) is 28.2. The molecule has 3 nitrogen and oxygen atoms in total. The summed E-state index contributed by atoms with van der Waals surface area (Å²) in [6.07, 6.45) is 38.6. The van der Waals surface area contributed by atoms with Crippen LogP contribution in [-0.4, -0.2) is 36.8 Å². The highest BCUT2D eigenvalue weighted by Gasteiger charge is 2.28. The molecular weight excluding hydrogens is 490 g/mol. The summed E-state index contributed by atoms with van der Waals surface area (Å²) in [5.41, 5.74) is 0. The first-order valence-corrected chi connectivity index (χ1v) is 18.3. The fourth-order valence-corrected chi connectivity index (χ4v) is 5.90. The van der Waals surface area contributed by atoms with Crippen molar-refractivity contribution in [3.63, 3.8) is 0 Å². The van der Waals surface area contributed by atoms with Gasteiger partial charge < -0.3 is 0 Å². The number of hydrogen-bond acceptors (Lipinski definition) is 2. The predicted octanol–water partition coefficient (Wildman–Crippen LogP) is 11.9. The molecule has 0 aliphatic heterocycles. The highest BCUT2D eigenvalue weighted by molar-refractivity contribution is 5.81. The van der Waals surface area contributed by atoms with Gasteiger partial charge in [0.1, 0.15) is 6.54 Å². The molecule has 0 rings (SSSR count). The maximum absolute atomic E-state index is 12.7. The Balaban J connectivity index is 3.55. The number of ketones is 1. The number of Topliss-reactive ketones (excluding diaryl/α,β-unsaturated/α-hetero) is 1. The Morgan fingerprint density at radius 3 is 0.925 bits per heavy atom. The molecule has 0 saturated carbocycles. The summed E-state index contributed by atoms with van der Waals surface area (Å²) in [5.74, 6) is 0.492. The fourth-order valence-electron chi connectivity index (χ4n) is 5.90. The molecule has 0 aromatic carbocycles. The number of nitrogens with zero attached hydrogens (tertiary/aromatic N) is 1. The number of rotatable bonds is 32. The molecule has 238 valence electrons. The minimum Gasteiger partial charge on any atom is -0.293 e. The van der Waals surface area contributed by atoms with E-state index in [-0.39, 0.29) is 16.2 Å². The Hall–Kier alpha value is -0.700. The second kappa shape index (κ2) is 29.8. The molecule has 0 unspecified atom stereocenters. The van der Waals surface area contributed by atoms with Crippen molar-refractivity contribution in [2.24, 2.45) is 0 Å². The van der Waals surface area contributed by atoms with Gasteiger partial charge in [0.15, 0.2) is 5.78 Å².